The van der Waals surface area contributed by atoms with E-state index in [1.807, 2.05) is 44.4 Å². The number of likely N-dealkylation sites (tertiary alicyclic amines) is 1. The normalized spacial score (nSPS) is 23.4. The van der Waals surface area contributed by atoms with Gasteiger partial charge in [0.1, 0.15) is 0 Å². The van der Waals surface area contributed by atoms with Crippen LogP contribution in [0, 0.1) is 11.8 Å². The third-order valence-corrected chi connectivity index (χ3v) is 5.80. The molecule has 1 aromatic rings. The second-order valence-corrected chi connectivity index (χ2v) is 7.77. The third kappa shape index (κ3) is 4.38. The fourth-order valence-corrected chi connectivity index (χ4v) is 4.24. The number of likely N-dealkylation sites (N-methyl/N-ethyl adjacent to an activating group) is 1. The Bertz CT molecular complexity index is 665. The number of benzene rings is 1. The number of nitrogens with one attached hydrogen (secondary N) is 1. The molecule has 0 aromatic heterocycles. The Hall–Kier alpha value is -2.21. The van der Waals surface area contributed by atoms with Crippen LogP contribution in [0.2, 0.25) is 0 Å². The number of carbonyl (C=O) groups is 3. The second-order valence-electron chi connectivity index (χ2n) is 7.77. The molecule has 3 amide bonds. The molecule has 1 aromatic carbocycles. The molecule has 1 aliphatic heterocycles. The molecule has 3 rings (SSSR count). The summed E-state index contributed by atoms with van der Waals surface area (Å²) in [6, 6.07) is 10.1. The van der Waals surface area contributed by atoms with Gasteiger partial charge in [-0.05, 0) is 32.5 Å². The maximum atomic E-state index is 12.5. The van der Waals surface area contributed by atoms with Crippen LogP contribution in [-0.4, -0.2) is 54.7 Å². The maximum absolute atomic E-state index is 12.5. The Morgan fingerprint density at radius 3 is 2.26 bits per heavy atom. The molecule has 0 unspecified atom stereocenters. The summed E-state index contributed by atoms with van der Waals surface area (Å²) < 4.78 is 0. The number of amides is 3. The highest BCUT2D eigenvalue weighted by molar-refractivity contribution is 6.05. The fraction of sp³-hybridized carbons (Fsp3) is 0.571. The van der Waals surface area contributed by atoms with E-state index in [2.05, 4.69) is 10.2 Å². The van der Waals surface area contributed by atoms with Crippen molar-refractivity contribution in [1.29, 1.82) is 0 Å². The largest absolute Gasteiger partial charge is 0.354 e. The van der Waals surface area contributed by atoms with Crippen molar-refractivity contribution in [3.63, 3.8) is 0 Å². The van der Waals surface area contributed by atoms with Gasteiger partial charge in [-0.25, -0.2) is 0 Å². The summed E-state index contributed by atoms with van der Waals surface area (Å²) in [5, 5.41) is 2.95. The maximum Gasteiger partial charge on any atom is 0.233 e. The number of fused-ring (bicyclic) bond motifs is 1. The zero-order valence-electron chi connectivity index (χ0n) is 16.2. The van der Waals surface area contributed by atoms with Crippen molar-refractivity contribution in [3.8, 4) is 0 Å². The van der Waals surface area contributed by atoms with Crippen molar-refractivity contribution in [3.05, 3.63) is 35.9 Å². The van der Waals surface area contributed by atoms with Crippen LogP contribution in [-0.2, 0) is 14.4 Å². The van der Waals surface area contributed by atoms with Gasteiger partial charge in [0, 0.05) is 19.5 Å². The van der Waals surface area contributed by atoms with E-state index in [4.69, 9.17) is 0 Å². The van der Waals surface area contributed by atoms with E-state index in [-0.39, 0.29) is 48.6 Å². The lowest BCUT2D eigenvalue weighted by Gasteiger charge is -2.25. The summed E-state index contributed by atoms with van der Waals surface area (Å²) in [6.45, 7) is 0.678. The van der Waals surface area contributed by atoms with Crippen LogP contribution >= 0.6 is 0 Å². The van der Waals surface area contributed by atoms with Crippen LogP contribution in [0.25, 0.3) is 0 Å². The molecule has 2 fully saturated rings. The van der Waals surface area contributed by atoms with Crippen LogP contribution in [0.3, 0.4) is 0 Å². The summed E-state index contributed by atoms with van der Waals surface area (Å²) in [4.78, 5) is 40.6. The standard InChI is InChI=1S/C21H29N3O3/c1-23(2)18(15-8-4-3-5-9-15)14-22-19(25)12-13-24-20(26)16-10-6-7-11-17(16)21(24)27/h3-5,8-9,16-18H,6-7,10-14H2,1-2H3,(H,22,25)/t16-,17+,18-/m0/s1. The van der Waals surface area contributed by atoms with Crippen LogP contribution in [0.4, 0.5) is 0 Å². The second kappa shape index (κ2) is 8.65. The monoisotopic (exact) mass is 371 g/mol. The minimum atomic E-state index is -0.148. The van der Waals surface area contributed by atoms with E-state index < -0.39 is 0 Å². The van der Waals surface area contributed by atoms with Gasteiger partial charge in [-0.1, -0.05) is 43.2 Å². The lowest BCUT2D eigenvalue weighted by molar-refractivity contribution is -0.140. The number of hydrogen-bond acceptors (Lipinski definition) is 4. The molecule has 6 nitrogen and oxygen atoms in total. The van der Waals surface area contributed by atoms with Gasteiger partial charge in [0.05, 0.1) is 17.9 Å². The molecule has 1 saturated heterocycles. The van der Waals surface area contributed by atoms with Crippen molar-refractivity contribution >= 4 is 17.7 Å². The smallest absolute Gasteiger partial charge is 0.233 e. The molecule has 0 spiro atoms. The van der Waals surface area contributed by atoms with Crippen molar-refractivity contribution in [2.45, 2.75) is 38.1 Å². The summed E-state index contributed by atoms with van der Waals surface area (Å²) in [6.07, 6.45) is 3.80. The van der Waals surface area contributed by atoms with Gasteiger partial charge in [0.2, 0.25) is 17.7 Å². The predicted octanol–water partition coefficient (Wildman–Crippen LogP) is 1.97. The third-order valence-electron chi connectivity index (χ3n) is 5.80. The first-order valence-corrected chi connectivity index (χ1v) is 9.82. The number of rotatable bonds is 7. The van der Waals surface area contributed by atoms with E-state index in [1.54, 1.807) is 0 Å². The van der Waals surface area contributed by atoms with E-state index in [1.165, 1.54) is 4.90 Å². The summed E-state index contributed by atoms with van der Waals surface area (Å²) in [7, 11) is 3.96. The van der Waals surface area contributed by atoms with Gasteiger partial charge in [-0.2, -0.15) is 0 Å². The Morgan fingerprint density at radius 1 is 1.11 bits per heavy atom. The first kappa shape index (κ1) is 19.5. The molecular weight excluding hydrogens is 342 g/mol. The summed E-state index contributed by atoms with van der Waals surface area (Å²) >= 11 is 0. The lowest BCUT2D eigenvalue weighted by atomic mass is 9.81. The molecule has 0 bridgehead atoms. The van der Waals surface area contributed by atoms with Crippen LogP contribution in [0.5, 0.6) is 0 Å². The van der Waals surface area contributed by atoms with Crippen molar-refractivity contribution in [1.82, 2.24) is 15.1 Å². The lowest BCUT2D eigenvalue weighted by Crippen LogP contribution is -2.38. The average molecular weight is 371 g/mol. The summed E-state index contributed by atoms with van der Waals surface area (Å²) in [5.74, 6) is -0.579. The molecule has 27 heavy (non-hydrogen) atoms. The Morgan fingerprint density at radius 2 is 1.70 bits per heavy atom. The highest BCUT2D eigenvalue weighted by Crippen LogP contribution is 2.37. The van der Waals surface area contributed by atoms with Crippen molar-refractivity contribution in [2.24, 2.45) is 11.8 Å². The molecule has 6 heteroatoms. The highest BCUT2D eigenvalue weighted by Gasteiger charge is 2.47. The van der Waals surface area contributed by atoms with E-state index in [0.29, 0.717) is 6.54 Å². The molecule has 3 atom stereocenters. The summed E-state index contributed by atoms with van der Waals surface area (Å²) in [5.41, 5.74) is 1.14. The van der Waals surface area contributed by atoms with Crippen LogP contribution in [0.15, 0.2) is 30.3 Å². The fourth-order valence-electron chi connectivity index (χ4n) is 4.24. The minimum absolute atomic E-state index is 0.0760. The van der Waals surface area contributed by atoms with Gasteiger partial charge in [-0.3, -0.25) is 19.3 Å². The van der Waals surface area contributed by atoms with Gasteiger partial charge >= 0.3 is 0 Å². The van der Waals surface area contributed by atoms with Crippen molar-refractivity contribution < 1.29 is 14.4 Å². The molecule has 0 radical (unpaired) electrons. The van der Waals surface area contributed by atoms with Crippen molar-refractivity contribution in [2.75, 3.05) is 27.2 Å². The van der Waals surface area contributed by atoms with Gasteiger partial charge in [0.15, 0.2) is 0 Å². The number of carbonyl (C=O) groups excluding carboxylic acids is 3. The molecule has 1 heterocycles. The van der Waals surface area contributed by atoms with E-state index in [0.717, 1.165) is 31.2 Å². The molecule has 1 aliphatic carbocycles. The van der Waals surface area contributed by atoms with Gasteiger partial charge < -0.3 is 10.2 Å². The molecule has 146 valence electrons. The molecule has 2 aliphatic rings. The number of hydrogen-bond donors (Lipinski definition) is 1. The first-order valence-electron chi connectivity index (χ1n) is 9.82. The topological polar surface area (TPSA) is 69.7 Å². The molecule has 1 N–H and O–H groups in total. The highest BCUT2D eigenvalue weighted by atomic mass is 16.2. The SMILES string of the molecule is CN(C)[C@@H](CNC(=O)CCN1C(=O)[C@H]2CCCC[C@H]2C1=O)c1ccccc1. The predicted molar refractivity (Wildman–Crippen MR) is 103 cm³/mol. The Labute approximate surface area is 160 Å². The quantitative estimate of drug-likeness (QED) is 0.744. The zero-order valence-corrected chi connectivity index (χ0v) is 16.2. The van der Waals surface area contributed by atoms with Gasteiger partial charge in [-0.15, -0.1) is 0 Å². The zero-order chi connectivity index (χ0) is 19.4. The minimum Gasteiger partial charge on any atom is -0.354 e. The van der Waals surface area contributed by atoms with E-state index in [9.17, 15) is 14.4 Å². The Balaban J connectivity index is 1.51. The first-order chi connectivity index (χ1) is 13.0. The van der Waals surface area contributed by atoms with Crippen LogP contribution in [0.1, 0.15) is 43.7 Å². The molecule has 1 saturated carbocycles. The molecular formula is C21H29N3O3. The number of nitrogens with zero attached hydrogens (tertiary/aromatic N) is 2. The van der Waals surface area contributed by atoms with E-state index >= 15 is 0 Å². The van der Waals surface area contributed by atoms with Gasteiger partial charge in [0.25, 0.3) is 0 Å². The Kier molecular flexibility index (Phi) is 6.26. The van der Waals surface area contributed by atoms with Crippen LogP contribution < -0.4 is 5.32 Å². The number of imide groups is 1. The average Bonchev–Trinajstić information content (AvgIpc) is 2.91.